The number of benzene rings is 1. The molecule has 1 aromatic heterocycles. The van der Waals surface area contributed by atoms with Crippen molar-refractivity contribution in [3.63, 3.8) is 0 Å². The minimum absolute atomic E-state index is 0.247. The molecule has 1 aromatic carbocycles. The first-order chi connectivity index (χ1) is 13.2. The van der Waals surface area contributed by atoms with E-state index in [4.69, 9.17) is 0 Å². The number of hydrogen-bond acceptors (Lipinski definition) is 4. The molecular weight excluding hydrogens is 342 g/mol. The van der Waals surface area contributed by atoms with Crippen molar-refractivity contribution in [2.75, 3.05) is 11.9 Å². The van der Waals surface area contributed by atoms with E-state index in [-0.39, 0.29) is 11.6 Å². The number of rotatable bonds is 6. The highest BCUT2D eigenvalue weighted by atomic mass is 16.2. The Hall–Kier alpha value is -3.14. The first-order valence-electron chi connectivity index (χ1n) is 9.33. The third kappa shape index (κ3) is 4.00. The number of fused-ring (bicyclic) bond motifs is 1. The number of carbonyl (C=O) groups is 2. The van der Waals surface area contributed by atoms with E-state index in [1.54, 1.807) is 24.3 Å². The maximum absolute atomic E-state index is 12.8. The van der Waals surface area contributed by atoms with Gasteiger partial charge < -0.3 is 15.2 Å². The van der Waals surface area contributed by atoms with E-state index in [0.29, 0.717) is 36.6 Å². The molecule has 0 atom stereocenters. The van der Waals surface area contributed by atoms with Crippen molar-refractivity contribution in [3.8, 4) is 6.07 Å². The van der Waals surface area contributed by atoms with Crippen LogP contribution in [0.1, 0.15) is 65.0 Å². The number of hydrogen-bond donors (Lipinski definition) is 2. The van der Waals surface area contributed by atoms with Gasteiger partial charge in [-0.3, -0.25) is 9.59 Å². The van der Waals surface area contributed by atoms with E-state index in [0.717, 1.165) is 31.4 Å². The quantitative estimate of drug-likeness (QED) is 0.769. The highest BCUT2D eigenvalue weighted by Gasteiger charge is 2.27. The number of aromatic nitrogens is 2. The highest BCUT2D eigenvalue weighted by Crippen LogP contribution is 2.23. The molecule has 1 aliphatic rings. The topological polar surface area (TPSA) is 99.8 Å². The van der Waals surface area contributed by atoms with Gasteiger partial charge in [0.05, 0.1) is 16.9 Å². The summed E-state index contributed by atoms with van der Waals surface area (Å²) in [5, 5.41) is 14.8. The van der Waals surface area contributed by atoms with Gasteiger partial charge in [0.25, 0.3) is 11.8 Å². The van der Waals surface area contributed by atoms with Crippen LogP contribution in [-0.4, -0.2) is 27.9 Å². The third-order valence-corrected chi connectivity index (χ3v) is 4.65. The van der Waals surface area contributed by atoms with Gasteiger partial charge in [-0.25, -0.2) is 4.98 Å². The molecule has 2 N–H and O–H groups in total. The van der Waals surface area contributed by atoms with Crippen molar-refractivity contribution in [1.82, 2.24) is 14.9 Å². The lowest BCUT2D eigenvalue weighted by Crippen LogP contribution is -2.28. The Morgan fingerprint density at radius 3 is 2.85 bits per heavy atom. The Labute approximate surface area is 158 Å². The Bertz CT molecular complexity index is 894. The van der Waals surface area contributed by atoms with Crippen molar-refractivity contribution in [1.29, 1.82) is 5.26 Å². The van der Waals surface area contributed by atoms with Gasteiger partial charge >= 0.3 is 0 Å². The fourth-order valence-corrected chi connectivity index (χ4v) is 3.23. The molecule has 140 valence electrons. The van der Waals surface area contributed by atoms with Gasteiger partial charge in [-0.2, -0.15) is 5.26 Å². The molecule has 3 rings (SSSR count). The summed E-state index contributed by atoms with van der Waals surface area (Å²) >= 11 is 0. The number of imidazole rings is 1. The first kappa shape index (κ1) is 18.6. The molecule has 0 saturated carbocycles. The van der Waals surface area contributed by atoms with E-state index in [9.17, 15) is 14.9 Å². The highest BCUT2D eigenvalue weighted by molar-refractivity contribution is 6.05. The number of nitriles is 1. The van der Waals surface area contributed by atoms with Crippen molar-refractivity contribution in [2.24, 2.45) is 0 Å². The number of unbranched alkanes of at least 4 members (excludes halogenated alkanes) is 1. The number of nitrogens with one attached hydrogen (secondary N) is 2. The van der Waals surface area contributed by atoms with Crippen LogP contribution in [-0.2, 0) is 13.0 Å². The fraction of sp³-hybridized carbons (Fsp3) is 0.400. The Morgan fingerprint density at radius 2 is 2.07 bits per heavy atom. The van der Waals surface area contributed by atoms with Crippen molar-refractivity contribution in [2.45, 2.75) is 45.6 Å². The van der Waals surface area contributed by atoms with Gasteiger partial charge in [0, 0.05) is 13.1 Å². The first-order valence-corrected chi connectivity index (χ1v) is 9.33. The van der Waals surface area contributed by atoms with Crippen LogP contribution >= 0.6 is 0 Å². The van der Waals surface area contributed by atoms with Gasteiger partial charge in [-0.05, 0) is 37.8 Å². The SMILES string of the molecule is CCCCNC(=O)c1nc(C(=O)Nc2ccccc2C#N)c2n1CCCC2. The average Bonchev–Trinajstić information content (AvgIpc) is 3.08. The lowest BCUT2D eigenvalue weighted by atomic mass is 10.1. The van der Waals surface area contributed by atoms with Crippen LogP contribution in [0.3, 0.4) is 0 Å². The lowest BCUT2D eigenvalue weighted by Gasteiger charge is -2.17. The molecule has 0 spiro atoms. The minimum Gasteiger partial charge on any atom is -0.349 e. The van der Waals surface area contributed by atoms with E-state index >= 15 is 0 Å². The number of nitrogens with zero attached hydrogens (tertiary/aromatic N) is 3. The van der Waals surface area contributed by atoms with Crippen LogP contribution in [0.2, 0.25) is 0 Å². The normalized spacial score (nSPS) is 12.7. The zero-order valence-corrected chi connectivity index (χ0v) is 15.4. The Morgan fingerprint density at radius 1 is 1.26 bits per heavy atom. The average molecular weight is 365 g/mol. The molecule has 1 aliphatic heterocycles. The Kier molecular flexibility index (Phi) is 5.87. The Balaban J connectivity index is 1.88. The summed E-state index contributed by atoms with van der Waals surface area (Å²) < 4.78 is 1.86. The maximum atomic E-state index is 12.8. The van der Waals surface area contributed by atoms with E-state index < -0.39 is 5.91 Å². The van der Waals surface area contributed by atoms with Gasteiger partial charge in [-0.1, -0.05) is 25.5 Å². The number of amides is 2. The summed E-state index contributed by atoms with van der Waals surface area (Å²) in [5.41, 5.74) is 1.88. The molecule has 0 aliphatic carbocycles. The van der Waals surface area contributed by atoms with Gasteiger partial charge in [0.15, 0.2) is 11.5 Å². The summed E-state index contributed by atoms with van der Waals surface area (Å²) in [6.07, 6.45) is 4.51. The summed E-state index contributed by atoms with van der Waals surface area (Å²) in [5.74, 6) is -0.349. The summed E-state index contributed by atoms with van der Waals surface area (Å²) in [7, 11) is 0. The predicted octanol–water partition coefficient (Wildman–Crippen LogP) is 2.87. The number of carbonyl (C=O) groups excluding carboxylic acids is 2. The summed E-state index contributed by atoms with van der Waals surface area (Å²) in [4.78, 5) is 29.7. The van der Waals surface area contributed by atoms with E-state index in [1.165, 1.54) is 0 Å². The van der Waals surface area contributed by atoms with Gasteiger partial charge in [-0.15, -0.1) is 0 Å². The minimum atomic E-state index is -0.393. The molecule has 7 heteroatoms. The van der Waals surface area contributed by atoms with Crippen LogP contribution in [0.5, 0.6) is 0 Å². The fourth-order valence-electron chi connectivity index (χ4n) is 3.23. The second-order valence-electron chi connectivity index (χ2n) is 6.56. The lowest BCUT2D eigenvalue weighted by molar-refractivity contribution is 0.0937. The largest absolute Gasteiger partial charge is 0.349 e. The summed E-state index contributed by atoms with van der Waals surface area (Å²) in [6, 6.07) is 8.88. The van der Waals surface area contributed by atoms with Crippen molar-refractivity contribution < 1.29 is 9.59 Å². The van der Waals surface area contributed by atoms with Gasteiger partial charge in [0.1, 0.15) is 6.07 Å². The zero-order chi connectivity index (χ0) is 19.2. The van der Waals surface area contributed by atoms with E-state index in [1.807, 2.05) is 4.57 Å². The monoisotopic (exact) mass is 365 g/mol. The second kappa shape index (κ2) is 8.49. The van der Waals surface area contributed by atoms with Crippen LogP contribution < -0.4 is 10.6 Å². The molecule has 2 aromatic rings. The predicted molar refractivity (Wildman–Crippen MR) is 102 cm³/mol. The molecular formula is C20H23N5O2. The van der Waals surface area contributed by atoms with Crippen molar-refractivity contribution in [3.05, 3.63) is 47.0 Å². The van der Waals surface area contributed by atoms with Crippen LogP contribution in [0.25, 0.3) is 0 Å². The molecule has 0 fully saturated rings. The molecule has 7 nitrogen and oxygen atoms in total. The third-order valence-electron chi connectivity index (χ3n) is 4.65. The molecule has 0 radical (unpaired) electrons. The zero-order valence-electron chi connectivity index (χ0n) is 15.4. The molecule has 0 bridgehead atoms. The number of anilines is 1. The molecule has 2 heterocycles. The van der Waals surface area contributed by atoms with Crippen LogP contribution in [0.15, 0.2) is 24.3 Å². The van der Waals surface area contributed by atoms with Crippen LogP contribution in [0, 0.1) is 11.3 Å². The second-order valence-corrected chi connectivity index (χ2v) is 6.56. The molecule has 0 unspecified atom stereocenters. The van der Waals surface area contributed by atoms with Gasteiger partial charge in [0.2, 0.25) is 0 Å². The maximum Gasteiger partial charge on any atom is 0.287 e. The van der Waals surface area contributed by atoms with E-state index in [2.05, 4.69) is 28.6 Å². The molecule has 0 saturated heterocycles. The standard InChI is InChI=1S/C20H23N5O2/c1-2-3-11-22-20(27)18-24-17(16-10-6-7-12-25(16)18)19(26)23-15-9-5-4-8-14(15)13-21/h4-5,8-9H,2-3,6-7,10-12H2,1H3,(H,22,27)(H,23,26). The van der Waals surface area contributed by atoms with Crippen LogP contribution in [0.4, 0.5) is 5.69 Å². The smallest absolute Gasteiger partial charge is 0.287 e. The summed E-state index contributed by atoms with van der Waals surface area (Å²) in [6.45, 7) is 3.33. The molecule has 27 heavy (non-hydrogen) atoms. The number of para-hydroxylation sites is 1. The molecule has 2 amide bonds. The van der Waals surface area contributed by atoms with Crippen molar-refractivity contribution >= 4 is 17.5 Å².